The molecule has 6 nitrogen and oxygen atoms in total. The van der Waals surface area contributed by atoms with Crippen LogP contribution in [-0.4, -0.2) is 43.3 Å². The zero-order valence-corrected chi connectivity index (χ0v) is 17.7. The first-order valence-electron chi connectivity index (χ1n) is 9.02. The lowest BCUT2D eigenvalue weighted by molar-refractivity contribution is 0.0843. The molecule has 0 N–H and O–H groups in total. The van der Waals surface area contributed by atoms with Gasteiger partial charge in [0.15, 0.2) is 10.9 Å². The molecule has 1 amide bonds. The highest BCUT2D eigenvalue weighted by Gasteiger charge is 2.27. The van der Waals surface area contributed by atoms with Crippen molar-refractivity contribution in [1.82, 2.24) is 19.9 Å². The third-order valence-electron chi connectivity index (χ3n) is 4.31. The van der Waals surface area contributed by atoms with Crippen molar-refractivity contribution in [2.24, 2.45) is 4.99 Å². The van der Waals surface area contributed by atoms with Crippen LogP contribution in [0, 0.1) is 0 Å². The highest BCUT2D eigenvalue weighted by atomic mass is 35.5. The Morgan fingerprint density at radius 2 is 1.97 bits per heavy atom. The zero-order chi connectivity index (χ0) is 20.2. The van der Waals surface area contributed by atoms with Crippen molar-refractivity contribution in [3.63, 3.8) is 0 Å². The molecule has 1 fully saturated rings. The smallest absolute Gasteiger partial charge is 0.282 e. The van der Waals surface area contributed by atoms with Crippen molar-refractivity contribution in [1.29, 1.82) is 0 Å². The quantitative estimate of drug-likeness (QED) is 0.572. The number of aliphatic imine (C=N–C) groups is 1. The molecular formula is C20H17Cl2N5OS. The highest BCUT2D eigenvalue weighted by Crippen LogP contribution is 2.29. The first kappa shape index (κ1) is 19.9. The Hall–Kier alpha value is -2.35. The second kappa shape index (κ2) is 8.98. The van der Waals surface area contributed by atoms with Gasteiger partial charge < -0.3 is 0 Å². The van der Waals surface area contributed by atoms with E-state index < -0.39 is 0 Å². The van der Waals surface area contributed by atoms with E-state index in [4.69, 9.17) is 23.2 Å². The molecule has 1 aliphatic rings. The third kappa shape index (κ3) is 4.80. The first-order valence-corrected chi connectivity index (χ1v) is 10.8. The number of carbonyl (C=O) groups excluding carboxylic acids is 1. The van der Waals surface area contributed by atoms with Gasteiger partial charge in [0.1, 0.15) is 0 Å². The number of amides is 1. The van der Waals surface area contributed by atoms with Crippen LogP contribution < -0.4 is 0 Å². The Balaban J connectivity index is 1.54. The lowest BCUT2D eigenvalue weighted by atomic mass is 10.2. The summed E-state index contributed by atoms with van der Waals surface area (Å²) < 4.78 is 1.66. The molecule has 9 heteroatoms. The second-order valence-corrected chi connectivity index (χ2v) is 8.32. The summed E-state index contributed by atoms with van der Waals surface area (Å²) in [6, 6.07) is 15.1. The lowest BCUT2D eigenvalue weighted by Gasteiger charge is -2.26. The molecule has 0 bridgehead atoms. The zero-order valence-electron chi connectivity index (χ0n) is 15.3. The number of hydrogen-bond donors (Lipinski definition) is 0. The number of nitrogens with zero attached hydrogens (tertiary/aromatic N) is 5. The summed E-state index contributed by atoms with van der Waals surface area (Å²) >= 11 is 13.6. The van der Waals surface area contributed by atoms with Crippen LogP contribution in [0.15, 0.2) is 59.7 Å². The Bertz CT molecular complexity index is 1050. The van der Waals surface area contributed by atoms with Gasteiger partial charge in [0.05, 0.1) is 28.5 Å². The Labute approximate surface area is 182 Å². The molecule has 0 saturated carbocycles. The molecule has 0 unspecified atom stereocenters. The molecule has 0 radical (unpaired) electrons. The minimum Gasteiger partial charge on any atom is -0.286 e. The van der Waals surface area contributed by atoms with E-state index in [1.165, 1.54) is 11.8 Å². The maximum Gasteiger partial charge on any atom is 0.282 e. The van der Waals surface area contributed by atoms with E-state index in [-0.39, 0.29) is 5.91 Å². The summed E-state index contributed by atoms with van der Waals surface area (Å²) in [6.07, 6.45) is 2.56. The molecule has 1 aromatic heterocycles. The summed E-state index contributed by atoms with van der Waals surface area (Å²) in [7, 11) is 0. The van der Waals surface area contributed by atoms with Gasteiger partial charge in [-0.3, -0.25) is 9.69 Å². The van der Waals surface area contributed by atoms with Crippen LogP contribution >= 0.6 is 35.0 Å². The molecule has 2 aromatic carbocycles. The topological polar surface area (TPSA) is 63.4 Å². The monoisotopic (exact) mass is 445 g/mol. The Kier molecular flexibility index (Phi) is 6.18. The molecule has 1 saturated heterocycles. The van der Waals surface area contributed by atoms with Gasteiger partial charge in [-0.1, -0.05) is 70.5 Å². The van der Waals surface area contributed by atoms with Gasteiger partial charge in [0.2, 0.25) is 0 Å². The molecule has 0 aliphatic carbocycles. The van der Waals surface area contributed by atoms with Gasteiger partial charge >= 0.3 is 0 Å². The number of rotatable bonds is 4. The van der Waals surface area contributed by atoms with Gasteiger partial charge in [-0.15, -0.1) is 5.10 Å². The van der Waals surface area contributed by atoms with Crippen LogP contribution in [0.25, 0.3) is 0 Å². The van der Waals surface area contributed by atoms with Gasteiger partial charge in [0, 0.05) is 12.3 Å². The van der Waals surface area contributed by atoms with Crippen molar-refractivity contribution < 1.29 is 4.79 Å². The number of halogens is 2. The molecule has 29 heavy (non-hydrogen) atoms. The van der Waals surface area contributed by atoms with Crippen molar-refractivity contribution >= 4 is 51.7 Å². The predicted octanol–water partition coefficient (Wildman–Crippen LogP) is 4.90. The standard InChI is InChI=1S/C20H17Cl2N5OS/c21-16-8-7-15(11-17(16)22)23-20-27(9-4-10-29-20)19(28)18-13-26(25-24-18)12-14-5-2-1-3-6-14/h1-3,5-8,11,13H,4,9-10,12H2. The van der Waals surface area contributed by atoms with Crippen molar-refractivity contribution in [2.75, 3.05) is 12.3 Å². The van der Waals surface area contributed by atoms with Gasteiger partial charge in [-0.05, 0) is 30.2 Å². The predicted molar refractivity (Wildman–Crippen MR) is 117 cm³/mol. The van der Waals surface area contributed by atoms with Crippen molar-refractivity contribution in [3.05, 3.63) is 76.0 Å². The minimum absolute atomic E-state index is 0.213. The minimum atomic E-state index is -0.213. The molecule has 0 spiro atoms. The fraction of sp³-hybridized carbons (Fsp3) is 0.200. The SMILES string of the molecule is O=C(c1cn(Cc2ccccc2)nn1)N1CCCSC1=Nc1ccc(Cl)c(Cl)c1. The van der Waals surface area contributed by atoms with Crippen LogP contribution in [-0.2, 0) is 6.54 Å². The first-order chi connectivity index (χ1) is 14.1. The number of carbonyl (C=O) groups is 1. The number of thioether (sulfide) groups is 1. The third-order valence-corrected chi connectivity index (χ3v) is 6.11. The van der Waals surface area contributed by atoms with E-state index in [1.54, 1.807) is 34.0 Å². The summed E-state index contributed by atoms with van der Waals surface area (Å²) in [4.78, 5) is 19.3. The van der Waals surface area contributed by atoms with Crippen molar-refractivity contribution in [2.45, 2.75) is 13.0 Å². The van der Waals surface area contributed by atoms with Gasteiger partial charge in [-0.25, -0.2) is 9.67 Å². The van der Waals surface area contributed by atoms with Crippen LogP contribution in [0.1, 0.15) is 22.5 Å². The summed E-state index contributed by atoms with van der Waals surface area (Å²) in [5.41, 5.74) is 2.03. The van der Waals surface area contributed by atoms with E-state index in [0.29, 0.717) is 39.7 Å². The molecule has 3 aromatic rings. The Morgan fingerprint density at radius 3 is 2.76 bits per heavy atom. The van der Waals surface area contributed by atoms with E-state index in [2.05, 4.69) is 15.3 Å². The average Bonchev–Trinajstić information content (AvgIpc) is 3.20. The van der Waals surface area contributed by atoms with E-state index in [1.807, 2.05) is 30.3 Å². The van der Waals surface area contributed by atoms with Crippen LogP contribution in [0.4, 0.5) is 5.69 Å². The molecule has 0 atom stereocenters. The van der Waals surface area contributed by atoms with Crippen LogP contribution in [0.3, 0.4) is 0 Å². The number of aromatic nitrogens is 3. The summed E-state index contributed by atoms with van der Waals surface area (Å²) in [5.74, 6) is 0.681. The van der Waals surface area contributed by atoms with E-state index in [9.17, 15) is 4.79 Å². The Morgan fingerprint density at radius 1 is 1.14 bits per heavy atom. The molecule has 148 valence electrons. The molecule has 1 aliphatic heterocycles. The van der Waals surface area contributed by atoms with Crippen LogP contribution in [0.5, 0.6) is 0 Å². The fourth-order valence-electron chi connectivity index (χ4n) is 2.89. The second-order valence-electron chi connectivity index (χ2n) is 6.44. The highest BCUT2D eigenvalue weighted by molar-refractivity contribution is 8.13. The van der Waals surface area contributed by atoms with E-state index >= 15 is 0 Å². The molecule has 2 heterocycles. The molecule has 4 rings (SSSR count). The summed E-state index contributed by atoms with van der Waals surface area (Å²) in [5, 5.41) is 9.69. The maximum atomic E-state index is 13.1. The molecular weight excluding hydrogens is 429 g/mol. The van der Waals surface area contributed by atoms with Crippen LogP contribution in [0.2, 0.25) is 10.0 Å². The fourth-order valence-corrected chi connectivity index (χ4v) is 4.14. The van der Waals surface area contributed by atoms with E-state index in [0.717, 1.165) is 17.7 Å². The van der Waals surface area contributed by atoms with Gasteiger partial charge in [-0.2, -0.15) is 0 Å². The maximum absolute atomic E-state index is 13.1. The number of benzene rings is 2. The van der Waals surface area contributed by atoms with Crippen molar-refractivity contribution in [3.8, 4) is 0 Å². The average molecular weight is 446 g/mol. The largest absolute Gasteiger partial charge is 0.286 e. The van der Waals surface area contributed by atoms with Gasteiger partial charge in [0.25, 0.3) is 5.91 Å². The lowest BCUT2D eigenvalue weighted by Crippen LogP contribution is -2.39. The summed E-state index contributed by atoms with van der Waals surface area (Å²) in [6.45, 7) is 1.14. The number of amidine groups is 1. The normalized spacial score (nSPS) is 15.7. The number of hydrogen-bond acceptors (Lipinski definition) is 5.